The van der Waals surface area contributed by atoms with Crippen LogP contribution in [0.4, 0.5) is 5.69 Å². The summed E-state index contributed by atoms with van der Waals surface area (Å²) < 4.78 is 0. The normalized spacial score (nSPS) is 27.1. The molecule has 2 unspecified atom stereocenters. The Labute approximate surface area is 87.3 Å². The van der Waals surface area contributed by atoms with Crippen LogP contribution in [0.15, 0.2) is 30.3 Å². The Morgan fingerprint density at radius 1 is 1.07 bits per heavy atom. The Kier molecular flexibility index (Phi) is 3.12. The highest BCUT2D eigenvalue weighted by Crippen LogP contribution is 2.28. The monoisotopic (exact) mass is 185 g/mol. The van der Waals surface area contributed by atoms with E-state index in [9.17, 15) is 0 Å². The number of benzene rings is 1. The molecule has 1 N–H and O–H groups in total. The van der Waals surface area contributed by atoms with Crippen molar-refractivity contribution in [2.45, 2.75) is 37.5 Å². The molecule has 0 spiro atoms. The van der Waals surface area contributed by atoms with Gasteiger partial charge in [0.1, 0.15) is 0 Å². The summed E-state index contributed by atoms with van der Waals surface area (Å²) in [7, 11) is 6.06. The molecule has 72 valence electrons. The van der Waals surface area contributed by atoms with E-state index < -0.39 is 0 Å². The van der Waals surface area contributed by atoms with Gasteiger partial charge in [0.15, 0.2) is 0 Å². The summed E-state index contributed by atoms with van der Waals surface area (Å²) in [6.45, 7) is 0. The standard InChI is InChI=1S/C12H16BN/c13-11-8-4-5-9-12(11)14-10-6-2-1-3-7-10/h1-3,6-7,11-12,14H,4-5,8-9H2. The molecule has 1 fully saturated rings. The van der Waals surface area contributed by atoms with Crippen molar-refractivity contribution in [1.82, 2.24) is 0 Å². The quantitative estimate of drug-likeness (QED) is 0.698. The van der Waals surface area contributed by atoms with Crippen LogP contribution < -0.4 is 5.32 Å². The summed E-state index contributed by atoms with van der Waals surface area (Å²) in [6.07, 6.45) is 4.95. The van der Waals surface area contributed by atoms with Gasteiger partial charge in [0, 0.05) is 11.7 Å². The molecule has 14 heavy (non-hydrogen) atoms. The first kappa shape index (κ1) is 9.63. The Hall–Kier alpha value is -0.915. The number of hydrogen-bond acceptors (Lipinski definition) is 1. The number of anilines is 1. The van der Waals surface area contributed by atoms with Gasteiger partial charge < -0.3 is 5.32 Å². The molecule has 0 saturated heterocycles. The topological polar surface area (TPSA) is 12.0 Å². The lowest BCUT2D eigenvalue weighted by Gasteiger charge is -2.30. The molecule has 1 aliphatic rings. The first-order chi connectivity index (χ1) is 6.86. The number of hydrogen-bond donors (Lipinski definition) is 1. The molecule has 0 aromatic heterocycles. The highest BCUT2D eigenvalue weighted by Gasteiger charge is 2.20. The molecule has 1 saturated carbocycles. The molecule has 0 bridgehead atoms. The van der Waals surface area contributed by atoms with Crippen LogP contribution in [0.1, 0.15) is 25.7 Å². The van der Waals surface area contributed by atoms with E-state index in [0.29, 0.717) is 11.9 Å². The van der Waals surface area contributed by atoms with Gasteiger partial charge in [-0.3, -0.25) is 0 Å². The second-order valence-electron chi connectivity index (χ2n) is 4.07. The molecule has 1 aromatic rings. The van der Waals surface area contributed by atoms with E-state index >= 15 is 0 Å². The molecule has 2 heteroatoms. The fourth-order valence-corrected chi connectivity index (χ4v) is 2.09. The minimum Gasteiger partial charge on any atom is -0.383 e. The van der Waals surface area contributed by atoms with Crippen LogP contribution in [0.3, 0.4) is 0 Å². The Bertz CT molecular complexity index is 273. The molecule has 1 aliphatic carbocycles. The van der Waals surface area contributed by atoms with E-state index in [1.807, 2.05) is 6.07 Å². The lowest BCUT2D eigenvalue weighted by Crippen LogP contribution is -2.28. The molecule has 1 aromatic carbocycles. The molecule has 1 nitrogen and oxygen atoms in total. The summed E-state index contributed by atoms with van der Waals surface area (Å²) in [6, 6.07) is 10.8. The van der Waals surface area contributed by atoms with E-state index in [1.165, 1.54) is 24.9 Å². The van der Waals surface area contributed by atoms with Gasteiger partial charge in [-0.1, -0.05) is 43.3 Å². The third kappa shape index (κ3) is 2.31. The molecule has 0 aliphatic heterocycles. The largest absolute Gasteiger partial charge is 0.383 e. The van der Waals surface area contributed by atoms with Crippen molar-refractivity contribution in [3.05, 3.63) is 30.3 Å². The predicted molar refractivity (Wildman–Crippen MR) is 61.8 cm³/mol. The summed E-state index contributed by atoms with van der Waals surface area (Å²) in [5.41, 5.74) is 1.19. The molecular formula is C12H16BN. The summed E-state index contributed by atoms with van der Waals surface area (Å²) in [4.78, 5) is 0. The third-order valence-electron chi connectivity index (χ3n) is 2.95. The Morgan fingerprint density at radius 2 is 1.79 bits per heavy atom. The number of nitrogens with one attached hydrogen (secondary N) is 1. The van der Waals surface area contributed by atoms with Crippen molar-refractivity contribution in [2.75, 3.05) is 5.32 Å². The highest BCUT2D eigenvalue weighted by molar-refractivity contribution is 6.12. The fraction of sp³-hybridized carbons (Fsp3) is 0.500. The van der Waals surface area contributed by atoms with Crippen molar-refractivity contribution < 1.29 is 0 Å². The van der Waals surface area contributed by atoms with E-state index in [4.69, 9.17) is 7.85 Å². The van der Waals surface area contributed by atoms with Gasteiger partial charge in [-0.2, -0.15) is 0 Å². The summed E-state index contributed by atoms with van der Waals surface area (Å²) in [5.74, 6) is 0.323. The molecular weight excluding hydrogens is 169 g/mol. The second kappa shape index (κ2) is 4.54. The maximum absolute atomic E-state index is 6.06. The maximum Gasteiger partial charge on any atom is 0.0727 e. The van der Waals surface area contributed by atoms with Crippen molar-refractivity contribution >= 4 is 13.5 Å². The van der Waals surface area contributed by atoms with Gasteiger partial charge >= 0.3 is 0 Å². The van der Waals surface area contributed by atoms with Crippen LogP contribution in [0.5, 0.6) is 0 Å². The van der Waals surface area contributed by atoms with E-state index in [2.05, 4.69) is 29.6 Å². The van der Waals surface area contributed by atoms with Crippen LogP contribution in [-0.2, 0) is 0 Å². The van der Waals surface area contributed by atoms with Crippen molar-refractivity contribution in [1.29, 1.82) is 0 Å². The fourth-order valence-electron chi connectivity index (χ4n) is 2.09. The van der Waals surface area contributed by atoms with Gasteiger partial charge in [-0.15, -0.1) is 0 Å². The lowest BCUT2D eigenvalue weighted by atomic mass is 9.72. The Balaban J connectivity index is 1.96. The van der Waals surface area contributed by atoms with Gasteiger partial charge in [-0.05, 0) is 18.6 Å². The van der Waals surface area contributed by atoms with Crippen molar-refractivity contribution in [3.63, 3.8) is 0 Å². The third-order valence-corrected chi connectivity index (χ3v) is 2.95. The molecule has 0 heterocycles. The smallest absolute Gasteiger partial charge is 0.0727 e. The zero-order valence-corrected chi connectivity index (χ0v) is 8.45. The second-order valence-corrected chi connectivity index (χ2v) is 4.07. The van der Waals surface area contributed by atoms with Gasteiger partial charge in [0.05, 0.1) is 7.85 Å². The first-order valence-corrected chi connectivity index (χ1v) is 5.43. The average molecular weight is 185 g/mol. The molecule has 2 radical (unpaired) electrons. The summed E-state index contributed by atoms with van der Waals surface area (Å²) in [5, 5.41) is 3.51. The highest BCUT2D eigenvalue weighted by atomic mass is 14.9. The average Bonchev–Trinajstić information content (AvgIpc) is 2.23. The predicted octanol–water partition coefficient (Wildman–Crippen LogP) is 3.00. The maximum atomic E-state index is 6.06. The molecule has 2 atom stereocenters. The van der Waals surface area contributed by atoms with Crippen LogP contribution in [-0.4, -0.2) is 13.9 Å². The zero-order valence-electron chi connectivity index (χ0n) is 8.45. The van der Waals surface area contributed by atoms with Crippen LogP contribution in [0, 0.1) is 0 Å². The minimum absolute atomic E-state index is 0.323. The number of rotatable bonds is 2. The van der Waals surface area contributed by atoms with Crippen LogP contribution >= 0.6 is 0 Å². The van der Waals surface area contributed by atoms with Crippen LogP contribution in [0.2, 0.25) is 5.82 Å². The summed E-state index contributed by atoms with van der Waals surface area (Å²) >= 11 is 0. The molecule has 0 amide bonds. The first-order valence-electron chi connectivity index (χ1n) is 5.43. The molecule has 2 rings (SSSR count). The Morgan fingerprint density at radius 3 is 2.50 bits per heavy atom. The SMILES string of the molecule is [B]C1CCCCC1Nc1ccccc1. The van der Waals surface area contributed by atoms with E-state index in [-0.39, 0.29) is 0 Å². The van der Waals surface area contributed by atoms with Gasteiger partial charge in [0.2, 0.25) is 0 Å². The van der Waals surface area contributed by atoms with Gasteiger partial charge in [0.25, 0.3) is 0 Å². The van der Waals surface area contributed by atoms with E-state index in [1.54, 1.807) is 0 Å². The number of para-hydroxylation sites is 1. The van der Waals surface area contributed by atoms with Gasteiger partial charge in [-0.25, -0.2) is 0 Å². The van der Waals surface area contributed by atoms with Crippen molar-refractivity contribution in [2.24, 2.45) is 0 Å². The zero-order chi connectivity index (χ0) is 9.80. The van der Waals surface area contributed by atoms with Crippen LogP contribution in [0.25, 0.3) is 0 Å². The van der Waals surface area contributed by atoms with Crippen molar-refractivity contribution in [3.8, 4) is 0 Å². The minimum atomic E-state index is 0.323. The van der Waals surface area contributed by atoms with E-state index in [0.717, 1.165) is 6.42 Å². The lowest BCUT2D eigenvalue weighted by molar-refractivity contribution is 0.463.